The van der Waals surface area contributed by atoms with E-state index in [-0.39, 0.29) is 17.9 Å². The van der Waals surface area contributed by atoms with Crippen LogP contribution in [0.5, 0.6) is 0 Å². The van der Waals surface area contributed by atoms with Gasteiger partial charge in [0.05, 0.1) is 5.92 Å². The zero-order valence-corrected chi connectivity index (χ0v) is 13.0. The van der Waals surface area contributed by atoms with Crippen LogP contribution in [0.15, 0.2) is 18.2 Å². The maximum Gasteiger partial charge on any atom is 0.227 e. The SMILES string of the molecule is Cc1ccc(CN(C(=O)C(C)C(C)N)C2CC2)cc1C. The molecule has 1 aliphatic carbocycles. The van der Waals surface area contributed by atoms with Crippen LogP contribution in [0.1, 0.15) is 43.4 Å². The topological polar surface area (TPSA) is 46.3 Å². The molecule has 0 saturated heterocycles. The Labute approximate surface area is 122 Å². The van der Waals surface area contributed by atoms with E-state index in [0.717, 1.165) is 12.8 Å². The monoisotopic (exact) mass is 274 g/mol. The van der Waals surface area contributed by atoms with Crippen LogP contribution in [0.25, 0.3) is 0 Å². The van der Waals surface area contributed by atoms with E-state index in [0.29, 0.717) is 12.6 Å². The normalized spacial score (nSPS) is 17.6. The minimum atomic E-state index is -0.109. The van der Waals surface area contributed by atoms with E-state index < -0.39 is 0 Å². The molecule has 0 spiro atoms. The second-order valence-corrected chi connectivity index (χ2v) is 6.26. The predicted octanol–water partition coefficient (Wildman–Crippen LogP) is 2.78. The first-order valence-electron chi connectivity index (χ1n) is 7.52. The number of benzene rings is 1. The summed E-state index contributed by atoms with van der Waals surface area (Å²) in [5.74, 6) is 0.0860. The van der Waals surface area contributed by atoms with Gasteiger partial charge in [0, 0.05) is 18.6 Å². The quantitative estimate of drug-likeness (QED) is 0.897. The molecule has 2 rings (SSSR count). The van der Waals surface area contributed by atoms with Gasteiger partial charge in [-0.15, -0.1) is 0 Å². The molecule has 0 aliphatic heterocycles. The fourth-order valence-corrected chi connectivity index (χ4v) is 2.36. The first-order valence-corrected chi connectivity index (χ1v) is 7.52. The van der Waals surface area contributed by atoms with Crippen LogP contribution in [-0.4, -0.2) is 22.9 Å². The number of hydrogen-bond donors (Lipinski definition) is 1. The number of hydrogen-bond acceptors (Lipinski definition) is 2. The summed E-state index contributed by atoms with van der Waals surface area (Å²) in [4.78, 5) is 14.6. The van der Waals surface area contributed by atoms with Gasteiger partial charge in [-0.3, -0.25) is 4.79 Å². The number of aryl methyl sites for hydroxylation is 2. The third-order valence-corrected chi connectivity index (χ3v) is 4.37. The standard InChI is InChI=1S/C17H26N2O/c1-11-5-6-15(9-12(11)2)10-19(16-7-8-16)17(20)13(3)14(4)18/h5-6,9,13-14,16H,7-8,10,18H2,1-4H3. The molecule has 110 valence electrons. The second-order valence-electron chi connectivity index (χ2n) is 6.26. The van der Waals surface area contributed by atoms with Crippen molar-refractivity contribution in [2.75, 3.05) is 0 Å². The van der Waals surface area contributed by atoms with E-state index in [2.05, 4.69) is 32.0 Å². The number of rotatable bonds is 5. The molecule has 0 bridgehead atoms. The van der Waals surface area contributed by atoms with E-state index in [1.807, 2.05) is 18.7 Å². The van der Waals surface area contributed by atoms with Gasteiger partial charge in [-0.1, -0.05) is 25.1 Å². The van der Waals surface area contributed by atoms with Crippen molar-refractivity contribution in [2.45, 2.75) is 59.2 Å². The van der Waals surface area contributed by atoms with Crippen LogP contribution in [0.4, 0.5) is 0 Å². The number of carbonyl (C=O) groups excluding carboxylic acids is 1. The summed E-state index contributed by atoms with van der Waals surface area (Å²) < 4.78 is 0. The van der Waals surface area contributed by atoms with Gasteiger partial charge in [0.25, 0.3) is 0 Å². The highest BCUT2D eigenvalue weighted by atomic mass is 16.2. The van der Waals surface area contributed by atoms with Gasteiger partial charge in [0.1, 0.15) is 0 Å². The Morgan fingerprint density at radius 3 is 2.45 bits per heavy atom. The summed E-state index contributed by atoms with van der Waals surface area (Å²) in [5, 5.41) is 0. The lowest BCUT2D eigenvalue weighted by molar-refractivity contribution is -0.136. The van der Waals surface area contributed by atoms with Gasteiger partial charge < -0.3 is 10.6 Å². The molecule has 1 amide bonds. The van der Waals surface area contributed by atoms with Gasteiger partial charge in [-0.05, 0) is 50.3 Å². The molecule has 1 aromatic rings. The van der Waals surface area contributed by atoms with Crippen LogP contribution < -0.4 is 5.73 Å². The van der Waals surface area contributed by atoms with E-state index in [9.17, 15) is 4.79 Å². The maximum atomic E-state index is 12.6. The lowest BCUT2D eigenvalue weighted by atomic mass is 10.0. The van der Waals surface area contributed by atoms with Crippen molar-refractivity contribution in [3.8, 4) is 0 Å². The molecule has 3 heteroatoms. The summed E-state index contributed by atoms with van der Waals surface area (Å²) in [6.45, 7) is 8.78. The number of nitrogens with zero attached hydrogens (tertiary/aromatic N) is 1. The summed E-state index contributed by atoms with van der Waals surface area (Å²) in [5.41, 5.74) is 9.68. The van der Waals surface area contributed by atoms with E-state index >= 15 is 0 Å². The molecule has 1 aliphatic rings. The van der Waals surface area contributed by atoms with Crippen molar-refractivity contribution in [3.63, 3.8) is 0 Å². The fourth-order valence-electron chi connectivity index (χ4n) is 2.36. The summed E-state index contributed by atoms with van der Waals surface area (Å²) in [7, 11) is 0. The van der Waals surface area contributed by atoms with E-state index in [4.69, 9.17) is 5.73 Å². The highest BCUT2D eigenvalue weighted by molar-refractivity contribution is 5.79. The molecule has 3 nitrogen and oxygen atoms in total. The molecule has 2 atom stereocenters. The lowest BCUT2D eigenvalue weighted by Crippen LogP contribution is -2.42. The fraction of sp³-hybridized carbons (Fsp3) is 0.588. The third kappa shape index (κ3) is 3.40. The third-order valence-electron chi connectivity index (χ3n) is 4.37. The van der Waals surface area contributed by atoms with Crippen molar-refractivity contribution in [2.24, 2.45) is 11.7 Å². The molecule has 1 aromatic carbocycles. The van der Waals surface area contributed by atoms with Crippen LogP contribution in [0.2, 0.25) is 0 Å². The van der Waals surface area contributed by atoms with Gasteiger partial charge in [0.2, 0.25) is 5.91 Å². The molecular formula is C17H26N2O. The predicted molar refractivity (Wildman–Crippen MR) is 82.3 cm³/mol. The van der Waals surface area contributed by atoms with Gasteiger partial charge in [0.15, 0.2) is 0 Å². The Kier molecular flexibility index (Phi) is 4.48. The van der Waals surface area contributed by atoms with Crippen LogP contribution in [-0.2, 0) is 11.3 Å². The van der Waals surface area contributed by atoms with Crippen LogP contribution in [0, 0.1) is 19.8 Å². The first-order chi connectivity index (χ1) is 9.40. The van der Waals surface area contributed by atoms with Crippen molar-refractivity contribution in [3.05, 3.63) is 34.9 Å². The molecule has 1 saturated carbocycles. The van der Waals surface area contributed by atoms with Crippen LogP contribution >= 0.6 is 0 Å². The largest absolute Gasteiger partial charge is 0.335 e. The Hall–Kier alpha value is -1.35. The summed E-state index contributed by atoms with van der Waals surface area (Å²) >= 11 is 0. The van der Waals surface area contributed by atoms with Crippen molar-refractivity contribution in [1.29, 1.82) is 0 Å². The smallest absolute Gasteiger partial charge is 0.227 e. The highest BCUT2D eigenvalue weighted by Crippen LogP contribution is 2.30. The Morgan fingerprint density at radius 1 is 1.30 bits per heavy atom. The Bertz CT molecular complexity index is 492. The van der Waals surface area contributed by atoms with E-state index in [1.54, 1.807) is 0 Å². The molecule has 20 heavy (non-hydrogen) atoms. The molecule has 0 heterocycles. The average Bonchev–Trinajstić information content (AvgIpc) is 3.22. The average molecular weight is 274 g/mol. The van der Waals surface area contributed by atoms with E-state index in [1.165, 1.54) is 16.7 Å². The van der Waals surface area contributed by atoms with Crippen molar-refractivity contribution in [1.82, 2.24) is 4.90 Å². The van der Waals surface area contributed by atoms with Gasteiger partial charge in [-0.2, -0.15) is 0 Å². The minimum Gasteiger partial charge on any atom is -0.335 e. The minimum absolute atomic E-state index is 0.0940. The number of nitrogens with two attached hydrogens (primary N) is 1. The van der Waals surface area contributed by atoms with Crippen molar-refractivity contribution >= 4 is 5.91 Å². The Morgan fingerprint density at radius 2 is 1.95 bits per heavy atom. The first kappa shape index (κ1) is 15.0. The molecule has 2 N–H and O–H groups in total. The molecule has 0 aromatic heterocycles. The number of carbonyl (C=O) groups is 1. The van der Waals surface area contributed by atoms with Crippen molar-refractivity contribution < 1.29 is 4.79 Å². The maximum absolute atomic E-state index is 12.6. The zero-order valence-electron chi connectivity index (χ0n) is 13.0. The number of amides is 1. The second kappa shape index (κ2) is 5.96. The summed E-state index contributed by atoms with van der Waals surface area (Å²) in [6, 6.07) is 6.78. The lowest BCUT2D eigenvalue weighted by Gasteiger charge is -2.27. The molecule has 1 fully saturated rings. The zero-order chi connectivity index (χ0) is 14.9. The molecular weight excluding hydrogens is 248 g/mol. The summed E-state index contributed by atoms with van der Waals surface area (Å²) in [6.07, 6.45) is 2.25. The molecule has 0 radical (unpaired) electrons. The van der Waals surface area contributed by atoms with Crippen LogP contribution in [0.3, 0.4) is 0 Å². The van der Waals surface area contributed by atoms with Gasteiger partial charge in [-0.25, -0.2) is 0 Å². The molecule has 2 unspecified atom stereocenters. The Balaban J connectivity index is 2.13. The van der Waals surface area contributed by atoms with Gasteiger partial charge >= 0.3 is 0 Å². The highest BCUT2D eigenvalue weighted by Gasteiger charge is 2.35.